The molecule has 0 spiro atoms. The number of hydrogen-bond donors (Lipinski definition) is 2. The Morgan fingerprint density at radius 1 is 1.04 bits per heavy atom. The van der Waals surface area contributed by atoms with Crippen LogP contribution in [0.15, 0.2) is 36.4 Å². The van der Waals surface area contributed by atoms with Gasteiger partial charge >= 0.3 is 0 Å². The van der Waals surface area contributed by atoms with Crippen molar-refractivity contribution in [2.24, 2.45) is 0 Å². The van der Waals surface area contributed by atoms with Crippen molar-refractivity contribution in [3.63, 3.8) is 0 Å². The van der Waals surface area contributed by atoms with Crippen LogP contribution in [-0.2, 0) is 4.79 Å². The van der Waals surface area contributed by atoms with Gasteiger partial charge in [-0.25, -0.2) is 14.4 Å². The summed E-state index contributed by atoms with van der Waals surface area (Å²) in [6.07, 6.45) is 0. The van der Waals surface area contributed by atoms with Crippen molar-refractivity contribution in [3.05, 3.63) is 64.2 Å². The zero-order valence-corrected chi connectivity index (χ0v) is 15.4. The monoisotopic (exact) mass is 386 g/mol. The van der Waals surface area contributed by atoms with Crippen LogP contribution < -0.4 is 10.6 Å². The zero-order chi connectivity index (χ0) is 19.6. The van der Waals surface area contributed by atoms with Crippen LogP contribution in [0.5, 0.6) is 0 Å². The molecule has 0 radical (unpaired) electrons. The van der Waals surface area contributed by atoms with Crippen LogP contribution in [0, 0.1) is 19.7 Å². The molecule has 8 heteroatoms. The maximum atomic E-state index is 13.1. The lowest BCUT2D eigenvalue weighted by molar-refractivity contribution is -0.115. The van der Waals surface area contributed by atoms with Crippen LogP contribution in [-0.4, -0.2) is 28.3 Å². The first-order valence-electron chi connectivity index (χ1n) is 8.11. The second kappa shape index (κ2) is 7.67. The Morgan fingerprint density at radius 3 is 2.44 bits per heavy atom. The van der Waals surface area contributed by atoms with Gasteiger partial charge in [0.15, 0.2) is 0 Å². The van der Waals surface area contributed by atoms with Crippen molar-refractivity contribution in [2.45, 2.75) is 13.8 Å². The van der Waals surface area contributed by atoms with E-state index in [1.165, 1.54) is 12.1 Å². The van der Waals surface area contributed by atoms with Gasteiger partial charge in [-0.15, -0.1) is 0 Å². The lowest BCUT2D eigenvalue weighted by Gasteiger charge is -2.08. The van der Waals surface area contributed by atoms with E-state index in [0.29, 0.717) is 22.3 Å². The number of nitrogens with zero attached hydrogens (tertiary/aromatic N) is 2. The molecule has 0 atom stereocenters. The smallest absolute Gasteiger partial charge is 0.251 e. The highest BCUT2D eigenvalue weighted by molar-refractivity contribution is 6.31. The molecule has 2 amide bonds. The van der Waals surface area contributed by atoms with Crippen LogP contribution in [0.3, 0.4) is 0 Å². The summed E-state index contributed by atoms with van der Waals surface area (Å²) in [5.74, 6) is -1.45. The fraction of sp³-hybridized carbons (Fsp3) is 0.158. The number of anilines is 1. The van der Waals surface area contributed by atoms with Crippen LogP contribution in [0.2, 0.25) is 5.02 Å². The highest BCUT2D eigenvalue weighted by atomic mass is 35.5. The maximum Gasteiger partial charge on any atom is 0.251 e. The van der Waals surface area contributed by atoms with Gasteiger partial charge in [0.1, 0.15) is 5.82 Å². The van der Waals surface area contributed by atoms with E-state index in [-0.39, 0.29) is 11.6 Å². The summed E-state index contributed by atoms with van der Waals surface area (Å²) in [6.45, 7) is 3.47. The van der Waals surface area contributed by atoms with Gasteiger partial charge in [0.25, 0.3) is 5.91 Å². The summed E-state index contributed by atoms with van der Waals surface area (Å²) in [6, 6.07) is 8.79. The topological polar surface area (TPSA) is 84.0 Å². The molecule has 0 aliphatic rings. The number of hydrogen-bond acceptors (Lipinski definition) is 4. The number of carbonyl (C=O) groups is 2. The molecule has 3 aromatic rings. The molecule has 2 N–H and O–H groups in total. The number of nitrogens with one attached hydrogen (secondary N) is 2. The molecule has 1 heterocycles. The number of amides is 2. The van der Waals surface area contributed by atoms with Gasteiger partial charge in [0, 0.05) is 11.3 Å². The van der Waals surface area contributed by atoms with Crippen molar-refractivity contribution in [1.82, 2.24) is 15.3 Å². The summed E-state index contributed by atoms with van der Waals surface area (Å²) in [7, 11) is 0. The van der Waals surface area contributed by atoms with Crippen molar-refractivity contribution in [1.29, 1.82) is 0 Å². The molecule has 0 bridgehead atoms. The maximum absolute atomic E-state index is 13.1. The molecule has 27 heavy (non-hydrogen) atoms. The average Bonchev–Trinajstić information content (AvgIpc) is 2.63. The number of carbonyl (C=O) groups excluding carboxylic acids is 2. The molecule has 3 rings (SSSR count). The van der Waals surface area contributed by atoms with Crippen LogP contribution >= 0.6 is 11.6 Å². The SMILES string of the molecule is Cc1nc2ccc(C(=O)NCC(=O)Nc3ccc(F)c(Cl)c3)cc2nc1C. The summed E-state index contributed by atoms with van der Waals surface area (Å²) in [4.78, 5) is 33.1. The third-order valence-electron chi connectivity index (χ3n) is 3.95. The van der Waals surface area contributed by atoms with Crippen molar-refractivity contribution in [2.75, 3.05) is 11.9 Å². The minimum Gasteiger partial charge on any atom is -0.343 e. The fourth-order valence-electron chi connectivity index (χ4n) is 2.41. The van der Waals surface area contributed by atoms with E-state index >= 15 is 0 Å². The van der Waals surface area contributed by atoms with E-state index in [0.717, 1.165) is 17.5 Å². The molecule has 1 aromatic heterocycles. The van der Waals surface area contributed by atoms with Crippen molar-refractivity contribution < 1.29 is 14.0 Å². The van der Waals surface area contributed by atoms with Crippen LogP contribution in [0.1, 0.15) is 21.7 Å². The normalized spacial score (nSPS) is 10.7. The fourth-order valence-corrected chi connectivity index (χ4v) is 2.59. The van der Waals surface area contributed by atoms with Crippen LogP contribution in [0.4, 0.5) is 10.1 Å². The number of halogens is 2. The average molecular weight is 387 g/mol. The summed E-state index contributed by atoms with van der Waals surface area (Å²) >= 11 is 5.67. The number of aromatic nitrogens is 2. The molecule has 0 aliphatic carbocycles. The standard InChI is InChI=1S/C19H16ClFN4O2/c1-10-11(2)24-17-7-12(3-6-16(17)23-10)19(27)22-9-18(26)25-13-4-5-15(21)14(20)8-13/h3-8H,9H2,1-2H3,(H,22,27)(H,25,26). The Morgan fingerprint density at radius 2 is 1.74 bits per heavy atom. The molecule has 0 saturated carbocycles. The summed E-state index contributed by atoms with van der Waals surface area (Å²) in [5, 5.41) is 4.96. The van der Waals surface area contributed by atoms with E-state index in [1.807, 2.05) is 13.8 Å². The largest absolute Gasteiger partial charge is 0.343 e. The number of benzene rings is 2. The first-order valence-corrected chi connectivity index (χ1v) is 8.49. The number of rotatable bonds is 4. The van der Waals surface area contributed by atoms with Gasteiger partial charge in [-0.2, -0.15) is 0 Å². The highest BCUT2D eigenvalue weighted by Gasteiger charge is 2.11. The lowest BCUT2D eigenvalue weighted by Crippen LogP contribution is -2.32. The predicted molar refractivity (Wildman–Crippen MR) is 101 cm³/mol. The van der Waals surface area contributed by atoms with Gasteiger partial charge < -0.3 is 10.6 Å². The Balaban J connectivity index is 1.64. The Kier molecular flexibility index (Phi) is 5.32. The molecule has 2 aromatic carbocycles. The van der Waals surface area contributed by atoms with E-state index in [4.69, 9.17) is 11.6 Å². The quantitative estimate of drug-likeness (QED) is 0.719. The van der Waals surface area contributed by atoms with Crippen molar-refractivity contribution in [3.8, 4) is 0 Å². The van der Waals surface area contributed by atoms with E-state index < -0.39 is 17.6 Å². The van der Waals surface area contributed by atoms with Gasteiger partial charge in [0.2, 0.25) is 5.91 Å². The lowest BCUT2D eigenvalue weighted by atomic mass is 10.1. The number of aryl methyl sites for hydroxylation is 2. The second-order valence-electron chi connectivity index (χ2n) is 5.96. The third-order valence-corrected chi connectivity index (χ3v) is 4.24. The van der Waals surface area contributed by atoms with Gasteiger partial charge in [-0.3, -0.25) is 9.59 Å². The Labute approximate surface area is 159 Å². The van der Waals surface area contributed by atoms with Gasteiger partial charge in [0.05, 0.1) is 34.0 Å². The van der Waals surface area contributed by atoms with Crippen LogP contribution in [0.25, 0.3) is 11.0 Å². The number of fused-ring (bicyclic) bond motifs is 1. The highest BCUT2D eigenvalue weighted by Crippen LogP contribution is 2.19. The molecule has 0 unspecified atom stereocenters. The summed E-state index contributed by atoms with van der Waals surface area (Å²) in [5.41, 5.74) is 3.64. The summed E-state index contributed by atoms with van der Waals surface area (Å²) < 4.78 is 13.1. The van der Waals surface area contributed by atoms with E-state index in [9.17, 15) is 14.0 Å². The van der Waals surface area contributed by atoms with Crippen molar-refractivity contribution >= 4 is 40.1 Å². The molecule has 0 saturated heterocycles. The van der Waals surface area contributed by atoms with Gasteiger partial charge in [-0.1, -0.05) is 11.6 Å². The van der Waals surface area contributed by atoms with E-state index in [2.05, 4.69) is 20.6 Å². The minimum atomic E-state index is -0.576. The predicted octanol–water partition coefficient (Wildman–Crippen LogP) is 3.41. The van der Waals surface area contributed by atoms with Gasteiger partial charge in [-0.05, 0) is 50.2 Å². The Bertz CT molecular complexity index is 1060. The molecular weight excluding hydrogens is 371 g/mol. The molecule has 0 fully saturated rings. The van der Waals surface area contributed by atoms with E-state index in [1.54, 1.807) is 18.2 Å². The Hall–Kier alpha value is -3.06. The minimum absolute atomic E-state index is 0.0976. The molecular formula is C19H16ClFN4O2. The first kappa shape index (κ1) is 18.7. The first-order chi connectivity index (χ1) is 12.8. The zero-order valence-electron chi connectivity index (χ0n) is 14.6. The second-order valence-corrected chi connectivity index (χ2v) is 6.36. The third kappa shape index (κ3) is 4.38. The molecule has 0 aliphatic heterocycles. The molecule has 6 nitrogen and oxygen atoms in total. The molecule has 138 valence electrons.